The summed E-state index contributed by atoms with van der Waals surface area (Å²) in [7, 11) is 0. The minimum Gasteiger partial charge on any atom is -0.372 e. The second-order valence-electron chi connectivity index (χ2n) is 6.18. The number of morpholine rings is 1. The molecule has 0 aromatic carbocycles. The summed E-state index contributed by atoms with van der Waals surface area (Å²) in [5.41, 5.74) is 8.14. The monoisotopic (exact) mass is 318 g/mol. The molecule has 1 aliphatic rings. The van der Waals surface area contributed by atoms with Crippen molar-refractivity contribution in [3.8, 4) is 0 Å². The van der Waals surface area contributed by atoms with Crippen molar-refractivity contribution in [1.29, 1.82) is 0 Å². The van der Waals surface area contributed by atoms with Crippen LogP contribution in [0.4, 0.5) is 5.95 Å². The molecule has 0 aliphatic carbocycles. The highest BCUT2D eigenvalue weighted by atomic mass is 16.5. The third kappa shape index (κ3) is 2.98. The molecule has 2 aromatic heterocycles. The largest absolute Gasteiger partial charge is 0.372 e. The first-order valence-corrected chi connectivity index (χ1v) is 7.76. The van der Waals surface area contributed by atoms with E-state index >= 15 is 0 Å². The number of nitrogens with two attached hydrogens (primary N) is 1. The van der Waals surface area contributed by atoms with Crippen molar-refractivity contribution in [1.82, 2.24) is 24.5 Å². The number of aryl methyl sites for hydroxylation is 2. The summed E-state index contributed by atoms with van der Waals surface area (Å²) < 4.78 is 7.27. The van der Waals surface area contributed by atoms with Crippen molar-refractivity contribution < 1.29 is 9.53 Å². The van der Waals surface area contributed by atoms with E-state index in [4.69, 9.17) is 10.5 Å². The van der Waals surface area contributed by atoms with Crippen molar-refractivity contribution in [3.05, 3.63) is 17.0 Å². The van der Waals surface area contributed by atoms with Crippen LogP contribution in [0.2, 0.25) is 0 Å². The van der Waals surface area contributed by atoms with Gasteiger partial charge in [-0.15, -0.1) is 5.10 Å². The Labute approximate surface area is 134 Å². The molecule has 0 bridgehead atoms. The predicted molar refractivity (Wildman–Crippen MR) is 85.0 cm³/mol. The van der Waals surface area contributed by atoms with Gasteiger partial charge in [0.2, 0.25) is 11.9 Å². The molecule has 0 saturated carbocycles. The lowest BCUT2D eigenvalue weighted by Gasteiger charge is -2.35. The van der Waals surface area contributed by atoms with Gasteiger partial charge in [0.15, 0.2) is 0 Å². The van der Waals surface area contributed by atoms with Crippen LogP contribution in [0, 0.1) is 13.8 Å². The molecule has 8 heteroatoms. The molecule has 2 N–H and O–H groups in total. The zero-order valence-electron chi connectivity index (χ0n) is 13.9. The van der Waals surface area contributed by atoms with Crippen LogP contribution in [-0.2, 0) is 16.0 Å². The SMILES string of the molecule is Cc1nc2nc(N)nn2c(C)c1CC(=O)N1CC(C)OC(C)C1. The molecule has 3 heterocycles. The molecular formula is C15H22N6O2. The van der Waals surface area contributed by atoms with Gasteiger partial charge in [0.05, 0.1) is 18.6 Å². The maximum absolute atomic E-state index is 12.7. The lowest BCUT2D eigenvalue weighted by Crippen LogP contribution is -2.48. The standard InChI is InChI=1S/C15H22N6O2/c1-8-6-20(7-9(2)23-8)13(22)5-12-10(3)17-15-18-14(16)19-21(15)11(12)4/h8-9H,5-7H2,1-4H3,(H2,16,19). The summed E-state index contributed by atoms with van der Waals surface area (Å²) in [5.74, 6) is 0.717. The van der Waals surface area contributed by atoms with E-state index < -0.39 is 0 Å². The normalized spacial score (nSPS) is 21.8. The average molecular weight is 318 g/mol. The molecule has 23 heavy (non-hydrogen) atoms. The number of rotatable bonds is 2. The molecule has 2 unspecified atom stereocenters. The minimum absolute atomic E-state index is 0.0561. The molecule has 0 radical (unpaired) electrons. The Morgan fingerprint density at radius 3 is 2.57 bits per heavy atom. The number of aromatic nitrogens is 4. The molecule has 1 saturated heterocycles. The second kappa shape index (κ2) is 5.77. The molecule has 2 aromatic rings. The van der Waals surface area contributed by atoms with Crippen LogP contribution in [0.5, 0.6) is 0 Å². The van der Waals surface area contributed by atoms with E-state index in [1.54, 1.807) is 4.52 Å². The van der Waals surface area contributed by atoms with Gasteiger partial charge in [-0.05, 0) is 27.7 Å². The molecule has 1 amide bonds. The van der Waals surface area contributed by atoms with Crippen molar-refractivity contribution in [3.63, 3.8) is 0 Å². The first kappa shape index (κ1) is 15.7. The van der Waals surface area contributed by atoms with Gasteiger partial charge in [-0.25, -0.2) is 4.98 Å². The Kier molecular flexibility index (Phi) is 3.93. The quantitative estimate of drug-likeness (QED) is 0.866. The fraction of sp³-hybridized carbons (Fsp3) is 0.600. The van der Waals surface area contributed by atoms with Crippen LogP contribution < -0.4 is 5.73 Å². The molecule has 8 nitrogen and oxygen atoms in total. The van der Waals surface area contributed by atoms with Crippen molar-refractivity contribution in [2.24, 2.45) is 0 Å². The van der Waals surface area contributed by atoms with Gasteiger partial charge in [0.25, 0.3) is 5.78 Å². The van der Waals surface area contributed by atoms with Gasteiger partial charge in [-0.1, -0.05) is 0 Å². The van der Waals surface area contributed by atoms with Crippen LogP contribution in [0.15, 0.2) is 0 Å². The maximum atomic E-state index is 12.7. The molecule has 3 rings (SSSR count). The van der Waals surface area contributed by atoms with E-state index in [-0.39, 0.29) is 24.1 Å². The minimum atomic E-state index is 0.0561. The van der Waals surface area contributed by atoms with E-state index in [0.29, 0.717) is 25.3 Å². The van der Waals surface area contributed by atoms with Gasteiger partial charge in [0, 0.05) is 30.0 Å². The molecule has 1 fully saturated rings. The number of ether oxygens (including phenoxy) is 1. The summed E-state index contributed by atoms with van der Waals surface area (Å²) in [5, 5.41) is 4.13. The van der Waals surface area contributed by atoms with E-state index in [1.807, 2.05) is 32.6 Å². The third-order valence-electron chi connectivity index (χ3n) is 4.17. The Bertz CT molecular complexity index is 746. The number of amides is 1. The van der Waals surface area contributed by atoms with Crippen molar-refractivity contribution in [2.45, 2.75) is 46.3 Å². The summed E-state index contributed by atoms with van der Waals surface area (Å²) in [4.78, 5) is 23.0. The molecular weight excluding hydrogens is 296 g/mol. The Balaban J connectivity index is 1.87. The third-order valence-corrected chi connectivity index (χ3v) is 4.17. The first-order chi connectivity index (χ1) is 10.8. The highest BCUT2D eigenvalue weighted by Gasteiger charge is 2.27. The molecule has 0 spiro atoms. The van der Waals surface area contributed by atoms with Crippen molar-refractivity contribution in [2.75, 3.05) is 18.8 Å². The van der Waals surface area contributed by atoms with Crippen LogP contribution in [0.3, 0.4) is 0 Å². The number of carbonyl (C=O) groups excluding carboxylic acids is 1. The van der Waals surface area contributed by atoms with Gasteiger partial charge < -0.3 is 15.4 Å². The van der Waals surface area contributed by atoms with E-state index in [0.717, 1.165) is 17.0 Å². The molecule has 124 valence electrons. The highest BCUT2D eigenvalue weighted by Crippen LogP contribution is 2.18. The summed E-state index contributed by atoms with van der Waals surface area (Å²) in [6, 6.07) is 0. The number of fused-ring (bicyclic) bond motifs is 1. The lowest BCUT2D eigenvalue weighted by atomic mass is 10.1. The van der Waals surface area contributed by atoms with Crippen LogP contribution >= 0.6 is 0 Å². The number of anilines is 1. The second-order valence-corrected chi connectivity index (χ2v) is 6.18. The Morgan fingerprint density at radius 1 is 1.26 bits per heavy atom. The van der Waals surface area contributed by atoms with Gasteiger partial charge in [-0.2, -0.15) is 9.50 Å². The van der Waals surface area contributed by atoms with Gasteiger partial charge >= 0.3 is 0 Å². The maximum Gasteiger partial charge on any atom is 0.254 e. The zero-order chi connectivity index (χ0) is 16.7. The van der Waals surface area contributed by atoms with Crippen LogP contribution in [-0.4, -0.2) is 55.7 Å². The first-order valence-electron chi connectivity index (χ1n) is 7.76. The van der Waals surface area contributed by atoms with Crippen LogP contribution in [0.1, 0.15) is 30.8 Å². The number of nitrogen functional groups attached to an aromatic ring is 1. The van der Waals surface area contributed by atoms with Gasteiger partial charge in [-0.3, -0.25) is 4.79 Å². The number of nitrogens with zero attached hydrogens (tertiary/aromatic N) is 5. The van der Waals surface area contributed by atoms with Gasteiger partial charge in [0.1, 0.15) is 0 Å². The number of carbonyl (C=O) groups is 1. The molecule has 1 aliphatic heterocycles. The smallest absolute Gasteiger partial charge is 0.254 e. The lowest BCUT2D eigenvalue weighted by molar-refractivity contribution is -0.142. The number of hydrogen-bond donors (Lipinski definition) is 1. The molecule has 2 atom stereocenters. The van der Waals surface area contributed by atoms with Crippen molar-refractivity contribution >= 4 is 17.6 Å². The highest BCUT2D eigenvalue weighted by molar-refractivity contribution is 5.79. The number of hydrogen-bond acceptors (Lipinski definition) is 6. The fourth-order valence-corrected chi connectivity index (χ4v) is 3.12. The van der Waals surface area contributed by atoms with E-state index in [1.165, 1.54) is 0 Å². The zero-order valence-corrected chi connectivity index (χ0v) is 13.9. The summed E-state index contributed by atoms with van der Waals surface area (Å²) in [6.07, 6.45) is 0.404. The average Bonchev–Trinajstić information content (AvgIpc) is 2.82. The summed E-state index contributed by atoms with van der Waals surface area (Å²) in [6.45, 7) is 8.99. The fourth-order valence-electron chi connectivity index (χ4n) is 3.12. The predicted octanol–water partition coefficient (Wildman–Crippen LogP) is 0.502. The van der Waals surface area contributed by atoms with Crippen LogP contribution in [0.25, 0.3) is 5.78 Å². The van der Waals surface area contributed by atoms with E-state index in [2.05, 4.69) is 15.1 Å². The topological polar surface area (TPSA) is 98.6 Å². The Hall–Kier alpha value is -2.22. The summed E-state index contributed by atoms with van der Waals surface area (Å²) >= 11 is 0. The Morgan fingerprint density at radius 2 is 1.91 bits per heavy atom. The van der Waals surface area contributed by atoms with E-state index in [9.17, 15) is 4.79 Å².